The molecule has 3 heteroatoms. The Morgan fingerprint density at radius 3 is 2.56 bits per heavy atom. The Balaban J connectivity index is 3.12. The maximum Gasteiger partial charge on any atom is 0.312 e. The first-order valence-corrected chi connectivity index (χ1v) is 5.38. The molecule has 0 aromatic heterocycles. The van der Waals surface area contributed by atoms with Crippen LogP contribution < -0.4 is 4.74 Å². The van der Waals surface area contributed by atoms with Gasteiger partial charge in [-0.1, -0.05) is 19.1 Å². The van der Waals surface area contributed by atoms with Gasteiger partial charge < -0.3 is 9.47 Å². The third-order valence-electron chi connectivity index (χ3n) is 2.72. The van der Waals surface area contributed by atoms with Crippen LogP contribution in [0.25, 0.3) is 0 Å². The van der Waals surface area contributed by atoms with Gasteiger partial charge in [0.2, 0.25) is 0 Å². The van der Waals surface area contributed by atoms with E-state index < -0.39 is 0 Å². The molecule has 0 aliphatic carbocycles. The number of carbonyl (C=O) groups excluding carboxylic acids is 1. The first kappa shape index (κ1) is 12.6. The highest BCUT2D eigenvalue weighted by Gasteiger charge is 2.19. The van der Waals surface area contributed by atoms with Crippen molar-refractivity contribution in [2.45, 2.75) is 26.2 Å². The van der Waals surface area contributed by atoms with Crippen molar-refractivity contribution < 1.29 is 14.3 Å². The summed E-state index contributed by atoms with van der Waals surface area (Å²) in [5.41, 5.74) is 2.07. The number of methoxy groups -OCH3 is 2. The third kappa shape index (κ3) is 2.54. The monoisotopic (exact) mass is 222 g/mol. The Kier molecular flexibility index (Phi) is 4.35. The molecule has 1 unspecified atom stereocenters. The summed E-state index contributed by atoms with van der Waals surface area (Å²) in [5.74, 6) is 0.188. The van der Waals surface area contributed by atoms with E-state index in [4.69, 9.17) is 9.47 Å². The Hall–Kier alpha value is -1.51. The van der Waals surface area contributed by atoms with E-state index in [0.717, 1.165) is 17.7 Å². The second-order valence-electron chi connectivity index (χ2n) is 3.67. The number of aryl methyl sites for hydroxylation is 1. The van der Waals surface area contributed by atoms with Crippen LogP contribution in [0.1, 0.15) is 30.9 Å². The van der Waals surface area contributed by atoms with Crippen LogP contribution in [0.5, 0.6) is 5.75 Å². The van der Waals surface area contributed by atoms with Crippen molar-refractivity contribution in [1.29, 1.82) is 0 Å². The summed E-state index contributed by atoms with van der Waals surface area (Å²) in [7, 11) is 3.00. The zero-order chi connectivity index (χ0) is 12.1. The van der Waals surface area contributed by atoms with Crippen molar-refractivity contribution >= 4 is 5.97 Å². The van der Waals surface area contributed by atoms with Gasteiger partial charge in [-0.05, 0) is 25.0 Å². The van der Waals surface area contributed by atoms with Gasteiger partial charge in [0.05, 0.1) is 20.1 Å². The van der Waals surface area contributed by atoms with E-state index >= 15 is 0 Å². The fourth-order valence-electron chi connectivity index (χ4n) is 1.65. The van der Waals surface area contributed by atoms with Gasteiger partial charge in [-0.15, -0.1) is 0 Å². The molecule has 0 N–H and O–H groups in total. The fraction of sp³-hybridized carbons (Fsp3) is 0.462. The van der Waals surface area contributed by atoms with E-state index in [0.29, 0.717) is 0 Å². The van der Waals surface area contributed by atoms with E-state index in [1.54, 1.807) is 7.11 Å². The lowest BCUT2D eigenvalue weighted by atomic mass is 9.97. The summed E-state index contributed by atoms with van der Waals surface area (Å²) in [5, 5.41) is 0. The van der Waals surface area contributed by atoms with Crippen molar-refractivity contribution in [3.8, 4) is 5.75 Å². The summed E-state index contributed by atoms with van der Waals surface area (Å²) < 4.78 is 10.00. The second-order valence-corrected chi connectivity index (χ2v) is 3.67. The summed E-state index contributed by atoms with van der Waals surface area (Å²) in [6.07, 6.45) is 0.935. The molecule has 1 atom stereocenters. The van der Waals surface area contributed by atoms with Crippen LogP contribution in [0.2, 0.25) is 0 Å². The maximum atomic E-state index is 11.5. The molecule has 16 heavy (non-hydrogen) atoms. The number of carbonyl (C=O) groups is 1. The van der Waals surface area contributed by atoms with Crippen molar-refractivity contribution in [3.63, 3.8) is 0 Å². The molecule has 0 fully saturated rings. The minimum Gasteiger partial charge on any atom is -0.496 e. The van der Waals surface area contributed by atoms with Gasteiger partial charge in [-0.3, -0.25) is 4.79 Å². The third-order valence-corrected chi connectivity index (χ3v) is 2.72. The summed E-state index contributed by atoms with van der Waals surface area (Å²) >= 11 is 0. The SMILES string of the molecule is CCc1ccc(OC)c(C(C)C(=O)OC)c1. The smallest absolute Gasteiger partial charge is 0.312 e. The molecule has 0 bridgehead atoms. The molecule has 1 aromatic carbocycles. The average Bonchev–Trinajstić information content (AvgIpc) is 2.35. The van der Waals surface area contributed by atoms with Crippen molar-refractivity contribution in [2.75, 3.05) is 14.2 Å². The minimum absolute atomic E-state index is 0.244. The lowest BCUT2D eigenvalue weighted by molar-refractivity contribution is -0.142. The van der Waals surface area contributed by atoms with Gasteiger partial charge in [-0.2, -0.15) is 0 Å². The van der Waals surface area contributed by atoms with Crippen molar-refractivity contribution in [2.24, 2.45) is 0 Å². The van der Waals surface area contributed by atoms with Gasteiger partial charge in [0, 0.05) is 5.56 Å². The van der Waals surface area contributed by atoms with Crippen molar-refractivity contribution in [1.82, 2.24) is 0 Å². The van der Waals surface area contributed by atoms with Crippen LogP contribution >= 0.6 is 0 Å². The van der Waals surface area contributed by atoms with E-state index in [-0.39, 0.29) is 11.9 Å². The Morgan fingerprint density at radius 2 is 2.06 bits per heavy atom. The molecular weight excluding hydrogens is 204 g/mol. The predicted octanol–water partition coefficient (Wildman–Crippen LogP) is 2.53. The zero-order valence-electron chi connectivity index (χ0n) is 10.2. The number of hydrogen-bond donors (Lipinski definition) is 0. The van der Waals surface area contributed by atoms with E-state index in [2.05, 4.69) is 6.92 Å². The Morgan fingerprint density at radius 1 is 1.38 bits per heavy atom. The molecule has 0 saturated carbocycles. The van der Waals surface area contributed by atoms with Gasteiger partial charge in [0.15, 0.2) is 0 Å². The maximum absolute atomic E-state index is 11.5. The highest BCUT2D eigenvalue weighted by atomic mass is 16.5. The standard InChI is InChI=1S/C13H18O3/c1-5-10-6-7-12(15-3)11(8-10)9(2)13(14)16-4/h6-9H,5H2,1-4H3. The quantitative estimate of drug-likeness (QED) is 0.734. The van der Waals surface area contributed by atoms with E-state index in [1.165, 1.54) is 12.7 Å². The number of hydrogen-bond acceptors (Lipinski definition) is 3. The summed E-state index contributed by atoms with van der Waals surface area (Å²) in [4.78, 5) is 11.5. The van der Waals surface area contributed by atoms with Crippen LogP contribution in [0.4, 0.5) is 0 Å². The molecule has 0 aliphatic rings. The van der Waals surface area contributed by atoms with Crippen LogP contribution in [0, 0.1) is 0 Å². The largest absolute Gasteiger partial charge is 0.496 e. The molecule has 0 spiro atoms. The van der Waals surface area contributed by atoms with E-state index in [1.807, 2.05) is 25.1 Å². The second kappa shape index (κ2) is 5.54. The van der Waals surface area contributed by atoms with Crippen LogP contribution in [-0.2, 0) is 16.0 Å². The Bertz CT molecular complexity index is 371. The molecule has 0 heterocycles. The summed E-state index contributed by atoms with van der Waals surface area (Å²) in [6.45, 7) is 3.90. The van der Waals surface area contributed by atoms with Crippen LogP contribution in [0.3, 0.4) is 0 Å². The number of ether oxygens (including phenoxy) is 2. The molecule has 0 radical (unpaired) electrons. The lowest BCUT2D eigenvalue weighted by Crippen LogP contribution is -2.12. The highest BCUT2D eigenvalue weighted by molar-refractivity contribution is 5.78. The molecular formula is C13H18O3. The molecule has 0 amide bonds. The number of esters is 1. The zero-order valence-corrected chi connectivity index (χ0v) is 10.2. The molecule has 0 aliphatic heterocycles. The molecule has 88 valence electrons. The van der Waals surface area contributed by atoms with Gasteiger partial charge in [0.25, 0.3) is 0 Å². The van der Waals surface area contributed by atoms with Gasteiger partial charge in [-0.25, -0.2) is 0 Å². The topological polar surface area (TPSA) is 35.5 Å². The number of benzene rings is 1. The Labute approximate surface area is 96.4 Å². The minimum atomic E-state index is -0.300. The van der Waals surface area contributed by atoms with Crippen molar-refractivity contribution in [3.05, 3.63) is 29.3 Å². The normalized spacial score (nSPS) is 12.0. The van der Waals surface area contributed by atoms with Gasteiger partial charge >= 0.3 is 5.97 Å². The summed E-state index contributed by atoms with van der Waals surface area (Å²) in [6, 6.07) is 5.90. The molecule has 1 aromatic rings. The average molecular weight is 222 g/mol. The predicted molar refractivity (Wildman–Crippen MR) is 62.8 cm³/mol. The van der Waals surface area contributed by atoms with Crippen LogP contribution in [0.15, 0.2) is 18.2 Å². The van der Waals surface area contributed by atoms with Gasteiger partial charge in [0.1, 0.15) is 5.75 Å². The van der Waals surface area contributed by atoms with Crippen LogP contribution in [-0.4, -0.2) is 20.2 Å². The first-order valence-electron chi connectivity index (χ1n) is 5.38. The lowest BCUT2D eigenvalue weighted by Gasteiger charge is -2.14. The molecule has 1 rings (SSSR count). The molecule has 0 saturated heterocycles. The number of rotatable bonds is 4. The molecule has 3 nitrogen and oxygen atoms in total. The fourth-order valence-corrected chi connectivity index (χ4v) is 1.65. The first-order chi connectivity index (χ1) is 7.63. The highest BCUT2D eigenvalue weighted by Crippen LogP contribution is 2.28. The van der Waals surface area contributed by atoms with E-state index in [9.17, 15) is 4.79 Å².